The van der Waals surface area contributed by atoms with E-state index in [9.17, 15) is 0 Å². The Kier molecular flexibility index (Phi) is 2.42. The third-order valence-electron chi connectivity index (χ3n) is 3.65. The largest absolute Gasteiger partial charge is 0.325 e. The minimum Gasteiger partial charge on any atom is -0.325 e. The number of aryl methyl sites for hydroxylation is 2. The Balaban J connectivity index is 1.88. The van der Waals surface area contributed by atoms with E-state index >= 15 is 0 Å². The molecule has 3 rings (SSSR count). The van der Waals surface area contributed by atoms with E-state index in [1.807, 2.05) is 17.5 Å². The first-order chi connectivity index (χ1) is 8.07. The van der Waals surface area contributed by atoms with Gasteiger partial charge in [-0.05, 0) is 61.9 Å². The molecule has 1 aliphatic rings. The Morgan fingerprint density at radius 2 is 2.29 bits per heavy atom. The van der Waals surface area contributed by atoms with Gasteiger partial charge in [-0.1, -0.05) is 0 Å². The first kappa shape index (κ1) is 11.1. The average Bonchev–Trinajstić information content (AvgIpc) is 2.98. The fraction of sp³-hybridized carbons (Fsp3) is 0.462. The van der Waals surface area contributed by atoms with Crippen molar-refractivity contribution in [3.05, 3.63) is 34.9 Å². The van der Waals surface area contributed by atoms with E-state index in [4.69, 9.17) is 17.3 Å². The predicted octanol–water partition coefficient (Wildman–Crippen LogP) is 2.72. The molecule has 1 fully saturated rings. The summed E-state index contributed by atoms with van der Waals surface area (Å²) in [5.41, 5.74) is 9.61. The van der Waals surface area contributed by atoms with Crippen LogP contribution in [0.4, 0.5) is 0 Å². The second kappa shape index (κ2) is 3.72. The average molecular weight is 250 g/mol. The maximum Gasteiger partial charge on any atom is 0.207 e. The molecule has 0 unspecified atom stereocenters. The molecule has 0 aromatic carbocycles. The van der Waals surface area contributed by atoms with Crippen LogP contribution in [0.5, 0.6) is 0 Å². The monoisotopic (exact) mass is 249 g/mol. The van der Waals surface area contributed by atoms with Crippen molar-refractivity contribution in [3.8, 4) is 0 Å². The molecule has 2 aromatic heterocycles. The molecule has 0 amide bonds. The molecule has 17 heavy (non-hydrogen) atoms. The fourth-order valence-electron chi connectivity index (χ4n) is 2.19. The highest BCUT2D eigenvalue weighted by atomic mass is 35.5. The van der Waals surface area contributed by atoms with Crippen LogP contribution in [-0.4, -0.2) is 14.9 Å². The topological polar surface area (TPSA) is 43.3 Å². The van der Waals surface area contributed by atoms with Crippen molar-refractivity contribution in [1.82, 2.24) is 9.38 Å². The fourth-order valence-corrected chi connectivity index (χ4v) is 2.47. The van der Waals surface area contributed by atoms with Gasteiger partial charge < -0.3 is 5.73 Å². The van der Waals surface area contributed by atoms with Crippen LogP contribution in [0.1, 0.15) is 30.5 Å². The van der Waals surface area contributed by atoms with Gasteiger partial charge in [-0.15, -0.1) is 0 Å². The number of nitrogens with two attached hydrogens (primary N) is 1. The predicted molar refractivity (Wildman–Crippen MR) is 69.4 cm³/mol. The number of fused-ring (bicyclic) bond motifs is 1. The van der Waals surface area contributed by atoms with Gasteiger partial charge in [0.1, 0.15) is 0 Å². The maximum atomic E-state index is 6.10. The number of aromatic nitrogens is 2. The highest BCUT2D eigenvalue weighted by Crippen LogP contribution is 2.36. The second-order valence-electron chi connectivity index (χ2n) is 5.12. The summed E-state index contributed by atoms with van der Waals surface area (Å²) in [5, 5.41) is 0.529. The van der Waals surface area contributed by atoms with Crippen LogP contribution in [-0.2, 0) is 6.42 Å². The summed E-state index contributed by atoms with van der Waals surface area (Å²) in [6, 6.07) is 4.27. The molecule has 90 valence electrons. The van der Waals surface area contributed by atoms with E-state index in [0.29, 0.717) is 5.28 Å². The molecule has 0 spiro atoms. The van der Waals surface area contributed by atoms with Gasteiger partial charge in [0.05, 0.1) is 11.2 Å². The van der Waals surface area contributed by atoms with Gasteiger partial charge >= 0.3 is 0 Å². The highest BCUT2D eigenvalue weighted by molar-refractivity contribution is 6.28. The lowest BCUT2D eigenvalue weighted by Crippen LogP contribution is -2.22. The summed E-state index contributed by atoms with van der Waals surface area (Å²) >= 11 is 6.02. The molecular weight excluding hydrogens is 234 g/mol. The van der Waals surface area contributed by atoms with Crippen LogP contribution in [0.3, 0.4) is 0 Å². The van der Waals surface area contributed by atoms with Crippen molar-refractivity contribution in [3.63, 3.8) is 0 Å². The summed E-state index contributed by atoms with van der Waals surface area (Å²) in [7, 11) is 0. The maximum absolute atomic E-state index is 6.10. The van der Waals surface area contributed by atoms with Crippen molar-refractivity contribution >= 4 is 17.1 Å². The summed E-state index contributed by atoms with van der Waals surface area (Å²) in [5.74, 6) is 0. The smallest absolute Gasteiger partial charge is 0.207 e. The minimum atomic E-state index is 0.124. The third-order valence-corrected chi connectivity index (χ3v) is 3.92. The van der Waals surface area contributed by atoms with Gasteiger partial charge in [0, 0.05) is 11.7 Å². The molecule has 0 saturated heterocycles. The molecule has 0 aliphatic heterocycles. The van der Waals surface area contributed by atoms with E-state index in [1.54, 1.807) is 0 Å². The lowest BCUT2D eigenvalue weighted by atomic mass is 10.0. The summed E-state index contributed by atoms with van der Waals surface area (Å²) in [6.07, 6.45) is 6.45. The zero-order valence-corrected chi connectivity index (χ0v) is 10.7. The standard InChI is InChI=1S/C13H16ClN3/c1-9-11-8-10(2-4-13(15)5-6-13)3-7-17(11)12(14)16-9/h3,7-8H,2,4-6,15H2,1H3. The Hall–Kier alpha value is -1.06. The zero-order valence-electron chi connectivity index (χ0n) is 9.91. The molecule has 2 aromatic rings. The van der Waals surface area contributed by atoms with Crippen molar-refractivity contribution in [2.75, 3.05) is 0 Å². The van der Waals surface area contributed by atoms with Gasteiger partial charge in [0.2, 0.25) is 5.28 Å². The van der Waals surface area contributed by atoms with Crippen LogP contribution in [0.15, 0.2) is 18.3 Å². The van der Waals surface area contributed by atoms with Gasteiger partial charge in [-0.2, -0.15) is 0 Å². The van der Waals surface area contributed by atoms with Crippen molar-refractivity contribution in [1.29, 1.82) is 0 Å². The van der Waals surface area contributed by atoms with Crippen molar-refractivity contribution in [2.24, 2.45) is 5.73 Å². The number of halogens is 1. The first-order valence-corrected chi connectivity index (χ1v) is 6.37. The lowest BCUT2D eigenvalue weighted by molar-refractivity contribution is 0.609. The van der Waals surface area contributed by atoms with E-state index in [1.165, 1.54) is 18.4 Å². The first-order valence-electron chi connectivity index (χ1n) is 5.99. The van der Waals surface area contributed by atoms with Crippen LogP contribution >= 0.6 is 11.6 Å². The summed E-state index contributed by atoms with van der Waals surface area (Å²) in [4.78, 5) is 4.26. The molecule has 1 saturated carbocycles. The van der Waals surface area contributed by atoms with Gasteiger partial charge in [0.15, 0.2) is 0 Å². The van der Waals surface area contributed by atoms with Crippen LogP contribution in [0, 0.1) is 6.92 Å². The van der Waals surface area contributed by atoms with Crippen molar-refractivity contribution in [2.45, 2.75) is 38.1 Å². The summed E-state index contributed by atoms with van der Waals surface area (Å²) in [6.45, 7) is 1.98. The lowest BCUT2D eigenvalue weighted by Gasteiger charge is -2.08. The van der Waals surface area contributed by atoms with E-state index in [2.05, 4.69) is 17.1 Å². The van der Waals surface area contributed by atoms with Gasteiger partial charge in [-0.25, -0.2) is 4.98 Å². The molecule has 0 atom stereocenters. The van der Waals surface area contributed by atoms with Crippen LogP contribution < -0.4 is 5.73 Å². The molecule has 2 N–H and O–H groups in total. The van der Waals surface area contributed by atoms with E-state index < -0.39 is 0 Å². The number of hydrogen-bond acceptors (Lipinski definition) is 2. The van der Waals surface area contributed by atoms with Crippen molar-refractivity contribution < 1.29 is 0 Å². The number of imidazole rings is 1. The Morgan fingerprint density at radius 3 is 3.00 bits per heavy atom. The Morgan fingerprint density at radius 1 is 1.53 bits per heavy atom. The molecule has 2 heterocycles. The normalized spacial score (nSPS) is 17.6. The molecule has 1 aliphatic carbocycles. The summed E-state index contributed by atoms with van der Waals surface area (Å²) < 4.78 is 1.91. The Bertz CT molecular complexity index is 569. The number of hydrogen-bond donors (Lipinski definition) is 1. The molecule has 0 bridgehead atoms. The molecule has 3 nitrogen and oxygen atoms in total. The van der Waals surface area contributed by atoms with Crippen LogP contribution in [0.2, 0.25) is 5.28 Å². The number of rotatable bonds is 3. The SMILES string of the molecule is Cc1nc(Cl)n2ccc(CCC3(N)CC3)cc12. The quantitative estimate of drug-likeness (QED) is 0.909. The second-order valence-corrected chi connectivity index (χ2v) is 5.46. The zero-order chi connectivity index (χ0) is 12.0. The highest BCUT2D eigenvalue weighted by Gasteiger charge is 2.37. The number of pyridine rings is 1. The minimum absolute atomic E-state index is 0.124. The molecule has 4 heteroatoms. The number of nitrogens with zero attached hydrogens (tertiary/aromatic N) is 2. The Labute approximate surface area is 106 Å². The van der Waals surface area contributed by atoms with E-state index in [0.717, 1.165) is 24.1 Å². The van der Waals surface area contributed by atoms with E-state index in [-0.39, 0.29) is 5.54 Å². The third kappa shape index (κ3) is 2.05. The molecular formula is C13H16ClN3. The van der Waals surface area contributed by atoms with Gasteiger partial charge in [0.25, 0.3) is 0 Å². The molecule has 0 radical (unpaired) electrons. The van der Waals surface area contributed by atoms with Crippen LogP contribution in [0.25, 0.3) is 5.52 Å². The van der Waals surface area contributed by atoms with Gasteiger partial charge in [-0.3, -0.25) is 4.40 Å².